The van der Waals surface area contributed by atoms with Crippen molar-refractivity contribution >= 4 is 0 Å². The molecule has 0 aliphatic heterocycles. The predicted molar refractivity (Wildman–Crippen MR) is 87.7 cm³/mol. The van der Waals surface area contributed by atoms with Crippen LogP contribution in [0, 0.1) is 34.5 Å². The van der Waals surface area contributed by atoms with Crippen molar-refractivity contribution in [2.75, 3.05) is 0 Å². The molecule has 0 aromatic heterocycles. The Morgan fingerprint density at radius 1 is 1.00 bits per heavy atom. The maximum Gasteiger partial charge on any atom is -0.0182 e. The van der Waals surface area contributed by atoms with Crippen molar-refractivity contribution in [3.05, 3.63) is 0 Å². The second-order valence-electron chi connectivity index (χ2n) is 8.86. The molecule has 0 aromatic rings. The molecule has 6 atom stereocenters. The SMILES string of the molecule is CCCC1(C)CCCCC(C)C(C)C12CC1CCCC12. The maximum atomic E-state index is 2.69. The van der Waals surface area contributed by atoms with Crippen LogP contribution in [0.3, 0.4) is 0 Å². The first kappa shape index (κ1) is 14.9. The van der Waals surface area contributed by atoms with Gasteiger partial charge < -0.3 is 0 Å². The van der Waals surface area contributed by atoms with Gasteiger partial charge in [-0.1, -0.05) is 66.2 Å². The Hall–Kier alpha value is 0. The Bertz CT molecular complexity index is 346. The standard InChI is InChI=1S/C20H36/c1-5-12-19(4)13-7-6-9-15(2)16(3)20(19)14-17-10-8-11-18(17)20/h15-18H,5-14H2,1-4H3. The fraction of sp³-hybridized carbons (Fsp3) is 1.00. The van der Waals surface area contributed by atoms with E-state index in [9.17, 15) is 0 Å². The minimum Gasteiger partial charge on any atom is -0.0654 e. The van der Waals surface area contributed by atoms with Crippen LogP contribution in [-0.4, -0.2) is 0 Å². The second kappa shape index (κ2) is 5.33. The average Bonchev–Trinajstić information content (AvgIpc) is 2.76. The lowest BCUT2D eigenvalue weighted by atomic mass is 9.37. The third-order valence-corrected chi connectivity index (χ3v) is 8.15. The normalized spacial score (nSPS) is 52.2. The molecule has 0 heteroatoms. The Morgan fingerprint density at radius 3 is 2.50 bits per heavy atom. The topological polar surface area (TPSA) is 0 Å². The van der Waals surface area contributed by atoms with Crippen LogP contribution < -0.4 is 0 Å². The summed E-state index contributed by atoms with van der Waals surface area (Å²) in [5.74, 6) is 4.11. The van der Waals surface area contributed by atoms with E-state index in [1.807, 2.05) is 0 Å². The first-order valence-electron chi connectivity index (χ1n) is 9.55. The van der Waals surface area contributed by atoms with Crippen LogP contribution in [0.15, 0.2) is 0 Å². The molecule has 0 nitrogen and oxygen atoms in total. The highest BCUT2D eigenvalue weighted by Gasteiger charge is 2.65. The molecule has 0 N–H and O–H groups in total. The van der Waals surface area contributed by atoms with E-state index >= 15 is 0 Å². The van der Waals surface area contributed by atoms with E-state index in [-0.39, 0.29) is 0 Å². The summed E-state index contributed by atoms with van der Waals surface area (Å²) < 4.78 is 0. The molecule has 20 heavy (non-hydrogen) atoms. The van der Waals surface area contributed by atoms with Crippen molar-refractivity contribution < 1.29 is 0 Å². The fourth-order valence-electron chi connectivity index (χ4n) is 7.03. The van der Waals surface area contributed by atoms with Crippen LogP contribution in [0.1, 0.15) is 91.9 Å². The Morgan fingerprint density at radius 2 is 1.80 bits per heavy atom. The van der Waals surface area contributed by atoms with Gasteiger partial charge in [0.25, 0.3) is 0 Å². The van der Waals surface area contributed by atoms with Crippen molar-refractivity contribution in [2.45, 2.75) is 91.9 Å². The summed E-state index contributed by atoms with van der Waals surface area (Å²) in [7, 11) is 0. The number of hydrogen-bond acceptors (Lipinski definition) is 0. The molecule has 0 radical (unpaired) electrons. The summed E-state index contributed by atoms with van der Waals surface area (Å²) in [5.41, 5.74) is 1.35. The summed E-state index contributed by atoms with van der Waals surface area (Å²) in [5, 5.41) is 0. The third kappa shape index (κ3) is 1.92. The van der Waals surface area contributed by atoms with E-state index < -0.39 is 0 Å². The average molecular weight is 277 g/mol. The predicted octanol–water partition coefficient (Wildman–Crippen LogP) is 6.45. The van der Waals surface area contributed by atoms with Crippen LogP contribution in [-0.2, 0) is 0 Å². The van der Waals surface area contributed by atoms with E-state index in [4.69, 9.17) is 0 Å². The monoisotopic (exact) mass is 276 g/mol. The van der Waals surface area contributed by atoms with Gasteiger partial charge in [-0.15, -0.1) is 0 Å². The number of rotatable bonds is 2. The molecule has 0 heterocycles. The molecule has 3 saturated carbocycles. The molecule has 0 saturated heterocycles. The van der Waals surface area contributed by atoms with E-state index in [0.29, 0.717) is 10.8 Å². The zero-order chi connectivity index (χ0) is 14.4. The maximum absolute atomic E-state index is 2.69. The van der Waals surface area contributed by atoms with Crippen LogP contribution >= 0.6 is 0 Å². The van der Waals surface area contributed by atoms with Gasteiger partial charge in [0.15, 0.2) is 0 Å². The van der Waals surface area contributed by atoms with Gasteiger partial charge in [-0.2, -0.15) is 0 Å². The van der Waals surface area contributed by atoms with Gasteiger partial charge in [-0.3, -0.25) is 0 Å². The van der Waals surface area contributed by atoms with Crippen LogP contribution in [0.25, 0.3) is 0 Å². The molecule has 3 aliphatic carbocycles. The molecule has 3 fully saturated rings. The molecule has 0 amide bonds. The molecular formula is C20H36. The largest absolute Gasteiger partial charge is 0.0654 e. The highest BCUT2D eigenvalue weighted by Crippen LogP contribution is 2.73. The molecule has 0 aromatic carbocycles. The Balaban J connectivity index is 1.96. The molecule has 0 bridgehead atoms. The molecule has 6 unspecified atom stereocenters. The van der Waals surface area contributed by atoms with Crippen molar-refractivity contribution in [1.82, 2.24) is 0 Å². The second-order valence-corrected chi connectivity index (χ2v) is 8.86. The van der Waals surface area contributed by atoms with Crippen molar-refractivity contribution in [3.63, 3.8) is 0 Å². The number of hydrogen-bond donors (Lipinski definition) is 0. The van der Waals surface area contributed by atoms with Gasteiger partial charge >= 0.3 is 0 Å². The minimum atomic E-state index is 0.640. The van der Waals surface area contributed by atoms with Gasteiger partial charge in [-0.05, 0) is 60.2 Å². The van der Waals surface area contributed by atoms with Crippen molar-refractivity contribution in [1.29, 1.82) is 0 Å². The van der Waals surface area contributed by atoms with Crippen LogP contribution in [0.5, 0.6) is 0 Å². The van der Waals surface area contributed by atoms with E-state index in [0.717, 1.165) is 23.7 Å². The lowest BCUT2D eigenvalue weighted by Gasteiger charge is -2.67. The molecule has 3 rings (SSSR count). The van der Waals surface area contributed by atoms with E-state index in [2.05, 4.69) is 27.7 Å². The zero-order valence-corrected chi connectivity index (χ0v) is 14.4. The van der Waals surface area contributed by atoms with Gasteiger partial charge in [0.1, 0.15) is 0 Å². The first-order chi connectivity index (χ1) is 9.55. The quantitative estimate of drug-likeness (QED) is 0.544. The van der Waals surface area contributed by atoms with Crippen molar-refractivity contribution in [2.24, 2.45) is 34.5 Å². The van der Waals surface area contributed by atoms with E-state index in [1.165, 1.54) is 44.9 Å². The Kier molecular flexibility index (Phi) is 3.97. The van der Waals surface area contributed by atoms with Crippen LogP contribution in [0.2, 0.25) is 0 Å². The van der Waals surface area contributed by atoms with Gasteiger partial charge in [-0.25, -0.2) is 0 Å². The minimum absolute atomic E-state index is 0.640. The summed E-state index contributed by atoms with van der Waals surface area (Å²) in [6.45, 7) is 10.3. The third-order valence-electron chi connectivity index (χ3n) is 8.15. The molecule has 1 spiro atoms. The lowest BCUT2D eigenvalue weighted by molar-refractivity contribution is -0.187. The smallest absolute Gasteiger partial charge is 0.0182 e. The molecular weight excluding hydrogens is 240 g/mol. The number of fused-ring (bicyclic) bond motifs is 2. The summed E-state index contributed by atoms with van der Waals surface area (Å²) in [6.07, 6.45) is 15.1. The van der Waals surface area contributed by atoms with Gasteiger partial charge in [0.2, 0.25) is 0 Å². The highest BCUT2D eigenvalue weighted by molar-refractivity contribution is 5.14. The summed E-state index contributed by atoms with van der Waals surface area (Å²) in [4.78, 5) is 0. The van der Waals surface area contributed by atoms with Gasteiger partial charge in [0, 0.05) is 0 Å². The van der Waals surface area contributed by atoms with Gasteiger partial charge in [0.05, 0.1) is 0 Å². The first-order valence-corrected chi connectivity index (χ1v) is 9.55. The highest BCUT2D eigenvalue weighted by atomic mass is 14.7. The zero-order valence-electron chi connectivity index (χ0n) is 14.4. The fourth-order valence-corrected chi connectivity index (χ4v) is 7.03. The molecule has 3 aliphatic rings. The summed E-state index contributed by atoms with van der Waals surface area (Å²) >= 11 is 0. The van der Waals surface area contributed by atoms with Crippen LogP contribution in [0.4, 0.5) is 0 Å². The molecule has 116 valence electrons. The van der Waals surface area contributed by atoms with Crippen molar-refractivity contribution in [3.8, 4) is 0 Å². The lowest BCUT2D eigenvalue weighted by Crippen LogP contribution is -2.60. The Labute approximate surface area is 127 Å². The van der Waals surface area contributed by atoms with E-state index in [1.54, 1.807) is 19.3 Å². The summed E-state index contributed by atoms with van der Waals surface area (Å²) in [6, 6.07) is 0.